The van der Waals surface area contributed by atoms with Gasteiger partial charge in [0.2, 0.25) is 5.91 Å². The van der Waals surface area contributed by atoms with Gasteiger partial charge in [-0.25, -0.2) is 4.98 Å². The molecule has 1 aliphatic carbocycles. The van der Waals surface area contributed by atoms with Gasteiger partial charge >= 0.3 is 0 Å². The SMILES string of the molecule is Cc1nc(CNC2(C(=O)N3CCOCC3)CCCCC2)[nH]c1C. The fraction of sp³-hybridized carbons (Fsp3) is 0.765. The van der Waals surface area contributed by atoms with E-state index in [4.69, 9.17) is 4.74 Å². The molecule has 23 heavy (non-hydrogen) atoms. The third kappa shape index (κ3) is 3.58. The molecule has 1 aromatic rings. The van der Waals surface area contributed by atoms with Crippen LogP contribution in [0.4, 0.5) is 0 Å². The largest absolute Gasteiger partial charge is 0.378 e. The minimum Gasteiger partial charge on any atom is -0.378 e. The molecule has 2 N–H and O–H groups in total. The number of aromatic amines is 1. The highest BCUT2D eigenvalue weighted by molar-refractivity contribution is 5.86. The Morgan fingerprint density at radius 1 is 1.26 bits per heavy atom. The number of rotatable bonds is 4. The van der Waals surface area contributed by atoms with Gasteiger partial charge in [-0.3, -0.25) is 10.1 Å². The van der Waals surface area contributed by atoms with Gasteiger partial charge in [-0.2, -0.15) is 0 Å². The molecule has 0 spiro atoms. The molecule has 2 heterocycles. The topological polar surface area (TPSA) is 70.2 Å². The van der Waals surface area contributed by atoms with Crippen molar-refractivity contribution in [3.8, 4) is 0 Å². The van der Waals surface area contributed by atoms with Crippen LogP contribution in [0.3, 0.4) is 0 Å². The van der Waals surface area contributed by atoms with Gasteiger partial charge in [-0.1, -0.05) is 19.3 Å². The molecule has 2 fully saturated rings. The lowest BCUT2D eigenvalue weighted by atomic mass is 9.80. The summed E-state index contributed by atoms with van der Waals surface area (Å²) in [6.07, 6.45) is 5.28. The number of imidazole rings is 1. The van der Waals surface area contributed by atoms with E-state index in [1.54, 1.807) is 0 Å². The highest BCUT2D eigenvalue weighted by Gasteiger charge is 2.42. The zero-order valence-electron chi connectivity index (χ0n) is 14.3. The summed E-state index contributed by atoms with van der Waals surface area (Å²) in [5.74, 6) is 1.17. The zero-order valence-corrected chi connectivity index (χ0v) is 14.3. The van der Waals surface area contributed by atoms with Gasteiger partial charge in [0, 0.05) is 18.8 Å². The predicted molar refractivity (Wildman–Crippen MR) is 88.1 cm³/mol. The first-order valence-corrected chi connectivity index (χ1v) is 8.75. The quantitative estimate of drug-likeness (QED) is 0.885. The van der Waals surface area contributed by atoms with Crippen molar-refractivity contribution in [1.82, 2.24) is 20.2 Å². The van der Waals surface area contributed by atoms with E-state index < -0.39 is 5.54 Å². The van der Waals surface area contributed by atoms with Crippen molar-refractivity contribution in [3.63, 3.8) is 0 Å². The molecule has 128 valence electrons. The lowest BCUT2D eigenvalue weighted by molar-refractivity contribution is -0.144. The second-order valence-corrected chi connectivity index (χ2v) is 6.79. The molecule has 0 atom stereocenters. The summed E-state index contributed by atoms with van der Waals surface area (Å²) in [4.78, 5) is 23.0. The first kappa shape index (κ1) is 16.5. The number of morpholine rings is 1. The van der Waals surface area contributed by atoms with Gasteiger partial charge in [0.05, 0.1) is 31.0 Å². The third-order valence-electron chi connectivity index (χ3n) is 5.19. The number of nitrogens with one attached hydrogen (secondary N) is 2. The summed E-state index contributed by atoms with van der Waals surface area (Å²) in [6, 6.07) is 0. The average molecular weight is 320 g/mol. The molecular weight excluding hydrogens is 292 g/mol. The van der Waals surface area contributed by atoms with E-state index in [2.05, 4.69) is 15.3 Å². The molecule has 0 aromatic carbocycles. The molecule has 1 amide bonds. The number of nitrogens with zero attached hydrogens (tertiary/aromatic N) is 2. The van der Waals surface area contributed by atoms with Crippen LogP contribution < -0.4 is 5.32 Å². The van der Waals surface area contributed by atoms with Gasteiger partial charge in [-0.15, -0.1) is 0 Å². The van der Waals surface area contributed by atoms with Crippen molar-refractivity contribution < 1.29 is 9.53 Å². The molecule has 0 bridgehead atoms. The minimum absolute atomic E-state index is 0.250. The average Bonchev–Trinajstić information content (AvgIpc) is 2.92. The fourth-order valence-electron chi connectivity index (χ4n) is 3.65. The molecule has 6 heteroatoms. The maximum atomic E-state index is 13.1. The van der Waals surface area contributed by atoms with Gasteiger partial charge in [0.1, 0.15) is 5.82 Å². The summed E-state index contributed by atoms with van der Waals surface area (Å²) in [5.41, 5.74) is 1.70. The summed E-state index contributed by atoms with van der Waals surface area (Å²) < 4.78 is 5.39. The summed E-state index contributed by atoms with van der Waals surface area (Å²) in [5, 5.41) is 3.56. The first-order valence-electron chi connectivity index (χ1n) is 8.75. The molecule has 0 radical (unpaired) electrons. The molecule has 1 saturated carbocycles. The number of aromatic nitrogens is 2. The van der Waals surface area contributed by atoms with Crippen LogP contribution in [0, 0.1) is 13.8 Å². The maximum absolute atomic E-state index is 13.1. The Balaban J connectivity index is 1.71. The highest BCUT2D eigenvalue weighted by Crippen LogP contribution is 2.30. The Kier molecular flexibility index (Phi) is 5.02. The normalized spacial score (nSPS) is 21.4. The molecule has 0 unspecified atom stereocenters. The van der Waals surface area contributed by atoms with E-state index in [0.29, 0.717) is 32.8 Å². The molecule has 2 aliphatic rings. The summed E-state index contributed by atoms with van der Waals surface area (Å²) in [7, 11) is 0. The van der Waals surface area contributed by atoms with E-state index in [-0.39, 0.29) is 5.91 Å². The number of hydrogen-bond donors (Lipinski definition) is 2. The number of amides is 1. The minimum atomic E-state index is -0.426. The van der Waals surface area contributed by atoms with Crippen LogP contribution in [-0.2, 0) is 16.1 Å². The molecule has 3 rings (SSSR count). The second-order valence-electron chi connectivity index (χ2n) is 6.79. The van der Waals surface area contributed by atoms with Crippen LogP contribution >= 0.6 is 0 Å². The Bertz CT molecular complexity index is 523. The zero-order chi connectivity index (χ0) is 16.3. The Morgan fingerprint density at radius 3 is 2.57 bits per heavy atom. The molecule has 1 saturated heterocycles. The molecule has 6 nitrogen and oxygen atoms in total. The number of ether oxygens (including phenoxy) is 1. The van der Waals surface area contributed by atoms with Crippen LogP contribution in [0.15, 0.2) is 0 Å². The maximum Gasteiger partial charge on any atom is 0.243 e. The van der Waals surface area contributed by atoms with Crippen molar-refractivity contribution in [2.75, 3.05) is 26.3 Å². The third-order valence-corrected chi connectivity index (χ3v) is 5.19. The second kappa shape index (κ2) is 7.01. The Hall–Kier alpha value is -1.40. The fourth-order valence-corrected chi connectivity index (χ4v) is 3.65. The van der Waals surface area contributed by atoms with Crippen LogP contribution in [0.5, 0.6) is 0 Å². The number of hydrogen-bond acceptors (Lipinski definition) is 4. The monoisotopic (exact) mass is 320 g/mol. The predicted octanol–water partition coefficient (Wildman–Crippen LogP) is 1.68. The molecule has 1 aliphatic heterocycles. The number of H-pyrrole nitrogens is 1. The van der Waals surface area contributed by atoms with Crippen molar-refractivity contribution in [3.05, 3.63) is 17.2 Å². The number of aryl methyl sites for hydroxylation is 2. The van der Waals surface area contributed by atoms with Gasteiger partial charge in [0.25, 0.3) is 0 Å². The smallest absolute Gasteiger partial charge is 0.243 e. The standard InChI is InChI=1S/C17H28N4O2/c1-13-14(2)20-15(19-13)12-18-17(6-4-3-5-7-17)16(22)21-8-10-23-11-9-21/h18H,3-12H2,1-2H3,(H,19,20). The van der Waals surface area contributed by atoms with Gasteiger partial charge in [-0.05, 0) is 26.7 Å². The highest BCUT2D eigenvalue weighted by atomic mass is 16.5. The van der Waals surface area contributed by atoms with Crippen molar-refractivity contribution >= 4 is 5.91 Å². The van der Waals surface area contributed by atoms with Crippen molar-refractivity contribution in [2.45, 2.75) is 58.0 Å². The summed E-state index contributed by atoms with van der Waals surface area (Å²) >= 11 is 0. The number of carbonyl (C=O) groups is 1. The Morgan fingerprint density at radius 2 is 1.96 bits per heavy atom. The van der Waals surface area contributed by atoms with E-state index in [0.717, 1.165) is 42.9 Å². The number of carbonyl (C=O) groups excluding carboxylic acids is 1. The van der Waals surface area contributed by atoms with Crippen LogP contribution in [-0.4, -0.2) is 52.6 Å². The first-order chi connectivity index (χ1) is 11.1. The van der Waals surface area contributed by atoms with Crippen molar-refractivity contribution in [1.29, 1.82) is 0 Å². The van der Waals surface area contributed by atoms with Crippen LogP contribution in [0.1, 0.15) is 49.3 Å². The van der Waals surface area contributed by atoms with Crippen molar-refractivity contribution in [2.24, 2.45) is 0 Å². The van der Waals surface area contributed by atoms with Gasteiger partial charge < -0.3 is 14.6 Å². The van der Waals surface area contributed by atoms with Crippen LogP contribution in [0.25, 0.3) is 0 Å². The van der Waals surface area contributed by atoms with E-state index in [9.17, 15) is 4.79 Å². The van der Waals surface area contributed by atoms with Crippen LogP contribution in [0.2, 0.25) is 0 Å². The lowest BCUT2D eigenvalue weighted by Gasteiger charge is -2.41. The lowest BCUT2D eigenvalue weighted by Crippen LogP contribution is -2.60. The van der Waals surface area contributed by atoms with E-state index in [1.807, 2.05) is 18.7 Å². The Labute approximate surface area is 138 Å². The molecular formula is C17H28N4O2. The molecule has 1 aromatic heterocycles. The van der Waals surface area contributed by atoms with E-state index in [1.165, 1.54) is 6.42 Å². The van der Waals surface area contributed by atoms with E-state index >= 15 is 0 Å². The van der Waals surface area contributed by atoms with Gasteiger partial charge in [0.15, 0.2) is 0 Å². The summed E-state index contributed by atoms with van der Waals surface area (Å²) in [6.45, 7) is 7.37.